The van der Waals surface area contributed by atoms with Crippen molar-refractivity contribution in [1.29, 1.82) is 5.26 Å². The average molecular weight is 330 g/mol. The van der Waals surface area contributed by atoms with Gasteiger partial charge in [-0.15, -0.1) is 0 Å². The molecule has 2 aromatic heterocycles. The Bertz CT molecular complexity index is 899. The van der Waals surface area contributed by atoms with Crippen LogP contribution in [0.15, 0.2) is 54.7 Å². The van der Waals surface area contributed by atoms with Crippen LogP contribution < -0.4 is 10.6 Å². The van der Waals surface area contributed by atoms with E-state index in [0.29, 0.717) is 17.3 Å². The summed E-state index contributed by atoms with van der Waals surface area (Å²) < 4.78 is 0. The normalized spacial score (nSPS) is 10.3. The lowest BCUT2D eigenvalue weighted by atomic mass is 10.2. The van der Waals surface area contributed by atoms with E-state index in [4.69, 9.17) is 5.26 Å². The van der Waals surface area contributed by atoms with Gasteiger partial charge in [0.05, 0.1) is 0 Å². The second-order valence-electron chi connectivity index (χ2n) is 5.79. The number of aromatic nitrogens is 3. The molecule has 25 heavy (non-hydrogen) atoms. The molecule has 2 heterocycles. The van der Waals surface area contributed by atoms with Crippen LogP contribution in [0, 0.1) is 11.3 Å². The minimum atomic E-state index is 0.248. The van der Waals surface area contributed by atoms with Crippen molar-refractivity contribution in [1.82, 2.24) is 15.0 Å². The van der Waals surface area contributed by atoms with Gasteiger partial charge in [0, 0.05) is 29.6 Å². The molecule has 124 valence electrons. The predicted molar refractivity (Wildman–Crippen MR) is 98.5 cm³/mol. The van der Waals surface area contributed by atoms with Crippen molar-refractivity contribution < 1.29 is 0 Å². The topological polar surface area (TPSA) is 86.5 Å². The van der Waals surface area contributed by atoms with E-state index in [1.54, 1.807) is 18.3 Å². The highest BCUT2D eigenvalue weighted by Gasteiger charge is 2.08. The molecule has 6 heteroatoms. The third-order valence-corrected chi connectivity index (χ3v) is 3.34. The first-order valence-electron chi connectivity index (χ1n) is 7.98. The summed E-state index contributed by atoms with van der Waals surface area (Å²) in [5.41, 5.74) is 2.04. The van der Waals surface area contributed by atoms with E-state index in [9.17, 15) is 0 Å². The number of pyridine rings is 1. The van der Waals surface area contributed by atoms with Gasteiger partial charge in [-0.05, 0) is 26.0 Å². The molecule has 0 aliphatic heterocycles. The van der Waals surface area contributed by atoms with Crippen molar-refractivity contribution in [2.24, 2.45) is 0 Å². The summed E-state index contributed by atoms with van der Waals surface area (Å²) in [4.78, 5) is 13.2. The van der Waals surface area contributed by atoms with Crippen LogP contribution in [0.25, 0.3) is 11.4 Å². The Morgan fingerprint density at radius 1 is 1.00 bits per heavy atom. The summed E-state index contributed by atoms with van der Waals surface area (Å²) in [5, 5.41) is 15.5. The van der Waals surface area contributed by atoms with E-state index in [0.717, 1.165) is 17.1 Å². The first kappa shape index (κ1) is 16.4. The van der Waals surface area contributed by atoms with Crippen molar-refractivity contribution in [3.63, 3.8) is 0 Å². The summed E-state index contributed by atoms with van der Waals surface area (Å²) in [6.07, 6.45) is 1.59. The smallest absolute Gasteiger partial charge is 0.163 e. The SMILES string of the molecule is CC(C)Nc1cc(Nc2ccnc(C#N)c2)nc(-c2ccccc2)n1. The molecule has 0 aliphatic carbocycles. The number of hydrogen-bond acceptors (Lipinski definition) is 6. The number of nitriles is 1. The van der Waals surface area contributed by atoms with E-state index in [1.807, 2.05) is 42.5 Å². The zero-order chi connectivity index (χ0) is 17.6. The van der Waals surface area contributed by atoms with Gasteiger partial charge in [0.1, 0.15) is 23.4 Å². The lowest BCUT2D eigenvalue weighted by Crippen LogP contribution is -2.12. The van der Waals surface area contributed by atoms with Gasteiger partial charge in [-0.25, -0.2) is 15.0 Å². The van der Waals surface area contributed by atoms with Gasteiger partial charge in [-0.2, -0.15) is 5.26 Å². The molecule has 0 bridgehead atoms. The molecule has 0 amide bonds. The van der Waals surface area contributed by atoms with Crippen LogP contribution in [0.3, 0.4) is 0 Å². The standard InChI is InChI=1S/C19H18N6/c1-13(2)22-17-11-18(23-15-8-9-21-16(10-15)12-20)25-19(24-17)14-6-4-3-5-7-14/h3-11,13H,1-2H3,(H2,21,22,23,24,25). The zero-order valence-corrected chi connectivity index (χ0v) is 14.1. The summed E-state index contributed by atoms with van der Waals surface area (Å²) >= 11 is 0. The molecule has 0 saturated heterocycles. The lowest BCUT2D eigenvalue weighted by Gasteiger charge is -2.13. The monoisotopic (exact) mass is 330 g/mol. The molecule has 6 nitrogen and oxygen atoms in total. The summed E-state index contributed by atoms with van der Waals surface area (Å²) in [5.74, 6) is 2.01. The molecule has 0 aliphatic rings. The highest BCUT2D eigenvalue weighted by atomic mass is 15.1. The Labute approximate surface area is 146 Å². The predicted octanol–water partition coefficient (Wildman–Crippen LogP) is 3.97. The van der Waals surface area contributed by atoms with Gasteiger partial charge in [0.15, 0.2) is 5.82 Å². The van der Waals surface area contributed by atoms with Gasteiger partial charge in [-0.3, -0.25) is 0 Å². The highest BCUT2D eigenvalue weighted by molar-refractivity contribution is 5.65. The first-order chi connectivity index (χ1) is 12.1. The molecule has 0 unspecified atom stereocenters. The number of nitrogens with one attached hydrogen (secondary N) is 2. The van der Waals surface area contributed by atoms with Gasteiger partial charge in [0.2, 0.25) is 0 Å². The first-order valence-corrected chi connectivity index (χ1v) is 7.98. The van der Waals surface area contributed by atoms with Crippen LogP contribution in [-0.2, 0) is 0 Å². The maximum atomic E-state index is 8.99. The highest BCUT2D eigenvalue weighted by Crippen LogP contribution is 2.23. The van der Waals surface area contributed by atoms with Crippen LogP contribution in [0.5, 0.6) is 0 Å². The van der Waals surface area contributed by atoms with Crippen LogP contribution in [0.1, 0.15) is 19.5 Å². The van der Waals surface area contributed by atoms with Crippen LogP contribution >= 0.6 is 0 Å². The maximum Gasteiger partial charge on any atom is 0.163 e. The number of hydrogen-bond donors (Lipinski definition) is 2. The second kappa shape index (κ2) is 7.41. The third kappa shape index (κ3) is 4.30. The minimum Gasteiger partial charge on any atom is -0.368 e. The van der Waals surface area contributed by atoms with Gasteiger partial charge < -0.3 is 10.6 Å². The number of rotatable bonds is 5. The Kier molecular flexibility index (Phi) is 4.86. The molecule has 0 radical (unpaired) electrons. The number of anilines is 3. The van der Waals surface area contributed by atoms with Crippen LogP contribution in [-0.4, -0.2) is 21.0 Å². The van der Waals surface area contributed by atoms with E-state index in [-0.39, 0.29) is 6.04 Å². The van der Waals surface area contributed by atoms with Crippen molar-refractivity contribution in [3.8, 4) is 17.5 Å². The summed E-state index contributed by atoms with van der Waals surface area (Å²) in [6, 6.07) is 17.4. The quantitative estimate of drug-likeness (QED) is 0.736. The van der Waals surface area contributed by atoms with Gasteiger partial charge in [0.25, 0.3) is 0 Å². The molecule has 3 rings (SSSR count). The fraction of sp³-hybridized carbons (Fsp3) is 0.158. The molecular weight excluding hydrogens is 312 g/mol. The maximum absolute atomic E-state index is 8.99. The molecule has 0 saturated carbocycles. The van der Waals surface area contributed by atoms with Gasteiger partial charge >= 0.3 is 0 Å². The van der Waals surface area contributed by atoms with E-state index < -0.39 is 0 Å². The summed E-state index contributed by atoms with van der Waals surface area (Å²) in [6.45, 7) is 4.11. The fourth-order valence-corrected chi connectivity index (χ4v) is 2.31. The third-order valence-electron chi connectivity index (χ3n) is 3.34. The van der Waals surface area contributed by atoms with Crippen molar-refractivity contribution >= 4 is 17.3 Å². The Morgan fingerprint density at radius 2 is 1.76 bits per heavy atom. The van der Waals surface area contributed by atoms with Crippen molar-refractivity contribution in [3.05, 3.63) is 60.4 Å². The Hall–Kier alpha value is -3.46. The van der Waals surface area contributed by atoms with Crippen LogP contribution in [0.2, 0.25) is 0 Å². The lowest BCUT2D eigenvalue weighted by molar-refractivity contribution is 0.887. The Morgan fingerprint density at radius 3 is 2.48 bits per heavy atom. The number of nitrogens with zero attached hydrogens (tertiary/aromatic N) is 4. The number of benzene rings is 1. The largest absolute Gasteiger partial charge is 0.368 e. The fourth-order valence-electron chi connectivity index (χ4n) is 2.31. The molecule has 0 atom stereocenters. The van der Waals surface area contributed by atoms with Crippen molar-refractivity contribution in [2.75, 3.05) is 10.6 Å². The van der Waals surface area contributed by atoms with Crippen molar-refractivity contribution in [2.45, 2.75) is 19.9 Å². The van der Waals surface area contributed by atoms with Gasteiger partial charge in [-0.1, -0.05) is 30.3 Å². The molecule has 1 aromatic carbocycles. The molecule has 0 fully saturated rings. The van der Waals surface area contributed by atoms with E-state index in [2.05, 4.69) is 39.4 Å². The average Bonchev–Trinajstić information content (AvgIpc) is 2.62. The minimum absolute atomic E-state index is 0.248. The van der Waals surface area contributed by atoms with E-state index >= 15 is 0 Å². The van der Waals surface area contributed by atoms with Crippen LogP contribution in [0.4, 0.5) is 17.3 Å². The van der Waals surface area contributed by atoms with E-state index in [1.165, 1.54) is 0 Å². The summed E-state index contributed by atoms with van der Waals surface area (Å²) in [7, 11) is 0. The molecule has 0 spiro atoms. The second-order valence-corrected chi connectivity index (χ2v) is 5.79. The molecule has 3 aromatic rings. The Balaban J connectivity index is 1.98. The molecular formula is C19H18N6. The zero-order valence-electron chi connectivity index (χ0n) is 14.1. The molecule has 2 N–H and O–H groups in total.